The van der Waals surface area contributed by atoms with Crippen LogP contribution < -0.4 is 15.1 Å². The fourth-order valence-corrected chi connectivity index (χ4v) is 3.70. The number of ether oxygens (including phenoxy) is 1. The average Bonchev–Trinajstić information content (AvgIpc) is 3.17. The van der Waals surface area contributed by atoms with Gasteiger partial charge in [0.2, 0.25) is 0 Å². The van der Waals surface area contributed by atoms with Crippen LogP contribution in [0.25, 0.3) is 0 Å². The molecule has 0 atom stereocenters. The summed E-state index contributed by atoms with van der Waals surface area (Å²) in [5.41, 5.74) is 3.92. The molecule has 146 valence electrons. The van der Waals surface area contributed by atoms with Gasteiger partial charge < -0.3 is 15.0 Å². The van der Waals surface area contributed by atoms with E-state index < -0.39 is 0 Å². The van der Waals surface area contributed by atoms with E-state index >= 15 is 0 Å². The van der Waals surface area contributed by atoms with Crippen molar-refractivity contribution in [1.29, 1.82) is 0 Å². The molecule has 0 radical (unpaired) electrons. The molecule has 0 saturated carbocycles. The first-order valence-electron chi connectivity index (χ1n) is 9.71. The number of hydrogen-bond donors (Lipinski definition) is 1. The van der Waals surface area contributed by atoms with E-state index in [1.807, 2.05) is 31.2 Å². The van der Waals surface area contributed by atoms with Crippen LogP contribution in [0.5, 0.6) is 0 Å². The van der Waals surface area contributed by atoms with Gasteiger partial charge in [0.15, 0.2) is 0 Å². The maximum Gasteiger partial charge on any atom is 0.414 e. The zero-order chi connectivity index (χ0) is 19.5. The molecule has 0 spiro atoms. The Labute approximate surface area is 164 Å². The van der Waals surface area contributed by atoms with Crippen molar-refractivity contribution in [2.75, 3.05) is 36.0 Å². The lowest BCUT2D eigenvalue weighted by atomic mass is 9.97. The van der Waals surface area contributed by atoms with Crippen molar-refractivity contribution >= 4 is 23.5 Å². The highest BCUT2D eigenvalue weighted by molar-refractivity contribution is 5.94. The number of amides is 2. The van der Waals surface area contributed by atoms with Gasteiger partial charge in [0.25, 0.3) is 5.91 Å². The predicted octanol–water partition coefficient (Wildman–Crippen LogP) is 2.74. The summed E-state index contributed by atoms with van der Waals surface area (Å²) < 4.78 is 5.09. The molecule has 2 aliphatic rings. The Bertz CT molecular complexity index is 882. The summed E-state index contributed by atoms with van der Waals surface area (Å²) in [6, 6.07) is 9.78. The molecular formula is C21H24N4O3. The predicted molar refractivity (Wildman–Crippen MR) is 107 cm³/mol. The van der Waals surface area contributed by atoms with Crippen molar-refractivity contribution in [3.05, 3.63) is 53.2 Å². The normalized spacial score (nSPS) is 16.0. The third kappa shape index (κ3) is 3.52. The largest absolute Gasteiger partial charge is 0.447 e. The van der Waals surface area contributed by atoms with E-state index in [1.54, 1.807) is 11.1 Å². The number of cyclic esters (lactones) is 1. The molecule has 7 nitrogen and oxygen atoms in total. The van der Waals surface area contributed by atoms with Crippen LogP contribution >= 0.6 is 0 Å². The first kappa shape index (κ1) is 18.3. The average molecular weight is 380 g/mol. The molecule has 2 aliphatic heterocycles. The summed E-state index contributed by atoms with van der Waals surface area (Å²) in [6.45, 7) is 5.25. The van der Waals surface area contributed by atoms with E-state index in [-0.39, 0.29) is 12.0 Å². The quantitative estimate of drug-likeness (QED) is 0.863. The zero-order valence-corrected chi connectivity index (χ0v) is 16.0. The zero-order valence-electron chi connectivity index (χ0n) is 16.0. The van der Waals surface area contributed by atoms with Gasteiger partial charge in [0, 0.05) is 25.8 Å². The van der Waals surface area contributed by atoms with Crippen molar-refractivity contribution in [3.8, 4) is 0 Å². The standard InChI is InChI=1S/C21H24N4O3/c1-2-9-22-20(26)15-6-7-19(23-13-15)24-10-8-17-16(14-24)4-3-5-18(17)25-11-12-28-21(25)27/h3-7,13H,2,8-12,14H2,1H3,(H,22,26). The van der Waals surface area contributed by atoms with E-state index in [0.717, 1.165) is 37.4 Å². The number of fused-ring (bicyclic) bond motifs is 1. The van der Waals surface area contributed by atoms with Crippen molar-refractivity contribution < 1.29 is 14.3 Å². The van der Waals surface area contributed by atoms with Crippen molar-refractivity contribution in [1.82, 2.24) is 10.3 Å². The molecule has 2 amide bonds. The number of nitrogens with zero attached hydrogens (tertiary/aromatic N) is 3. The van der Waals surface area contributed by atoms with Gasteiger partial charge in [-0.2, -0.15) is 0 Å². The molecule has 1 N–H and O–H groups in total. The minimum Gasteiger partial charge on any atom is -0.447 e. The van der Waals surface area contributed by atoms with Gasteiger partial charge in [-0.15, -0.1) is 0 Å². The smallest absolute Gasteiger partial charge is 0.414 e. The fraction of sp³-hybridized carbons (Fsp3) is 0.381. The Kier molecular flexibility index (Phi) is 5.14. The number of aromatic nitrogens is 1. The van der Waals surface area contributed by atoms with Crippen LogP contribution in [0, 0.1) is 0 Å². The fourth-order valence-electron chi connectivity index (χ4n) is 3.70. The third-order valence-electron chi connectivity index (χ3n) is 5.16. The summed E-state index contributed by atoms with van der Waals surface area (Å²) in [4.78, 5) is 32.4. The molecule has 0 unspecified atom stereocenters. The SMILES string of the molecule is CCCNC(=O)c1ccc(N2CCc3c(cccc3N3CCOC3=O)C2)nc1. The van der Waals surface area contributed by atoms with Crippen LogP contribution in [0.3, 0.4) is 0 Å². The molecule has 28 heavy (non-hydrogen) atoms. The van der Waals surface area contributed by atoms with E-state index in [4.69, 9.17) is 4.74 Å². The summed E-state index contributed by atoms with van der Waals surface area (Å²) in [6.07, 6.45) is 3.10. The molecule has 2 aromatic rings. The Balaban J connectivity index is 1.50. The minimum atomic E-state index is -0.269. The van der Waals surface area contributed by atoms with Gasteiger partial charge in [-0.25, -0.2) is 9.78 Å². The molecule has 3 heterocycles. The molecule has 1 aromatic heterocycles. The van der Waals surface area contributed by atoms with Crippen LogP contribution in [0.4, 0.5) is 16.3 Å². The highest BCUT2D eigenvalue weighted by atomic mass is 16.6. The maximum absolute atomic E-state index is 12.0. The second-order valence-electron chi connectivity index (χ2n) is 7.01. The minimum absolute atomic E-state index is 0.0907. The molecule has 4 rings (SSSR count). The highest BCUT2D eigenvalue weighted by Gasteiger charge is 2.28. The highest BCUT2D eigenvalue weighted by Crippen LogP contribution is 2.32. The van der Waals surface area contributed by atoms with Crippen LogP contribution in [-0.4, -0.2) is 43.2 Å². The number of benzene rings is 1. The number of carbonyl (C=O) groups excluding carboxylic acids is 2. The number of carbonyl (C=O) groups is 2. The number of nitrogens with one attached hydrogen (secondary N) is 1. The third-order valence-corrected chi connectivity index (χ3v) is 5.16. The summed E-state index contributed by atoms with van der Waals surface area (Å²) >= 11 is 0. The topological polar surface area (TPSA) is 74.8 Å². The van der Waals surface area contributed by atoms with Crippen molar-refractivity contribution in [2.24, 2.45) is 0 Å². The van der Waals surface area contributed by atoms with E-state index in [2.05, 4.69) is 21.3 Å². The van der Waals surface area contributed by atoms with Gasteiger partial charge in [-0.1, -0.05) is 19.1 Å². The first-order chi connectivity index (χ1) is 13.7. The number of rotatable bonds is 5. The van der Waals surface area contributed by atoms with Crippen LogP contribution in [-0.2, 0) is 17.7 Å². The number of anilines is 2. The Morgan fingerprint density at radius 3 is 2.86 bits per heavy atom. The van der Waals surface area contributed by atoms with E-state index in [9.17, 15) is 9.59 Å². The van der Waals surface area contributed by atoms with Gasteiger partial charge in [0.1, 0.15) is 12.4 Å². The van der Waals surface area contributed by atoms with E-state index in [1.165, 1.54) is 11.1 Å². The first-order valence-corrected chi connectivity index (χ1v) is 9.71. The lowest BCUT2D eigenvalue weighted by Crippen LogP contribution is -2.33. The second-order valence-corrected chi connectivity index (χ2v) is 7.01. The molecule has 1 saturated heterocycles. The Morgan fingerprint density at radius 1 is 1.25 bits per heavy atom. The maximum atomic E-state index is 12.0. The molecule has 0 bridgehead atoms. The molecule has 0 aliphatic carbocycles. The lowest BCUT2D eigenvalue weighted by Gasteiger charge is -2.32. The van der Waals surface area contributed by atoms with Crippen LogP contribution in [0.2, 0.25) is 0 Å². The summed E-state index contributed by atoms with van der Waals surface area (Å²) in [5, 5.41) is 2.86. The molecular weight excluding hydrogens is 356 g/mol. The van der Waals surface area contributed by atoms with Crippen LogP contribution in [0.15, 0.2) is 36.5 Å². The molecule has 1 aromatic carbocycles. The lowest BCUT2D eigenvalue weighted by molar-refractivity contribution is 0.0953. The molecule has 1 fully saturated rings. The summed E-state index contributed by atoms with van der Waals surface area (Å²) in [5.74, 6) is 0.760. The van der Waals surface area contributed by atoms with Gasteiger partial charge in [0.05, 0.1) is 17.8 Å². The van der Waals surface area contributed by atoms with Gasteiger partial charge in [-0.3, -0.25) is 9.69 Å². The monoisotopic (exact) mass is 380 g/mol. The van der Waals surface area contributed by atoms with E-state index in [0.29, 0.717) is 25.3 Å². The molecule has 7 heteroatoms. The van der Waals surface area contributed by atoms with Gasteiger partial charge >= 0.3 is 6.09 Å². The number of hydrogen-bond acceptors (Lipinski definition) is 5. The second kappa shape index (κ2) is 7.88. The number of pyridine rings is 1. The summed E-state index contributed by atoms with van der Waals surface area (Å²) in [7, 11) is 0. The Morgan fingerprint density at radius 2 is 2.14 bits per heavy atom. The van der Waals surface area contributed by atoms with Crippen LogP contribution in [0.1, 0.15) is 34.8 Å². The Hall–Kier alpha value is -3.09. The van der Waals surface area contributed by atoms with Crippen molar-refractivity contribution in [3.63, 3.8) is 0 Å². The van der Waals surface area contributed by atoms with Gasteiger partial charge in [-0.05, 0) is 42.2 Å². The van der Waals surface area contributed by atoms with Crippen molar-refractivity contribution in [2.45, 2.75) is 26.3 Å².